The number of carbonyl (C=O) groups excluding carboxylic acids is 1. The topological polar surface area (TPSA) is 137 Å². The van der Waals surface area contributed by atoms with E-state index in [1.165, 1.54) is 47.9 Å². The van der Waals surface area contributed by atoms with Crippen molar-refractivity contribution in [2.75, 3.05) is 10.0 Å². The molecule has 9 nitrogen and oxygen atoms in total. The number of phenolic OH excluding ortho intramolecular Hbond substituents is 1. The van der Waals surface area contributed by atoms with Crippen molar-refractivity contribution >= 4 is 38.1 Å². The van der Waals surface area contributed by atoms with Crippen molar-refractivity contribution in [3.8, 4) is 17.0 Å². The van der Waals surface area contributed by atoms with Crippen molar-refractivity contribution in [3.05, 3.63) is 71.4 Å². The lowest BCUT2D eigenvalue weighted by atomic mass is 10.1. The third-order valence-electron chi connectivity index (χ3n) is 4.33. The summed E-state index contributed by atoms with van der Waals surface area (Å²) >= 11 is 1.17. The first-order valence-electron chi connectivity index (χ1n) is 9.01. The summed E-state index contributed by atoms with van der Waals surface area (Å²) in [7, 11) is -3.77. The Morgan fingerprint density at radius 3 is 2.58 bits per heavy atom. The number of phenols is 1. The highest BCUT2D eigenvalue weighted by Gasteiger charge is 2.17. The predicted molar refractivity (Wildman–Crippen MR) is 118 cm³/mol. The molecule has 0 radical (unpaired) electrons. The van der Waals surface area contributed by atoms with Crippen molar-refractivity contribution in [1.29, 1.82) is 0 Å². The number of amides is 1. The van der Waals surface area contributed by atoms with Gasteiger partial charge in [-0.15, -0.1) is 11.3 Å². The smallest absolute Gasteiger partial charge is 0.273 e. The van der Waals surface area contributed by atoms with Crippen LogP contribution in [0.4, 0.5) is 10.8 Å². The van der Waals surface area contributed by atoms with Gasteiger partial charge in [0.15, 0.2) is 5.13 Å². The Hall–Kier alpha value is -3.70. The number of rotatable bonds is 6. The average Bonchev–Trinajstić information content (AvgIpc) is 3.40. The third-order valence-corrected chi connectivity index (χ3v) is 6.50. The lowest BCUT2D eigenvalue weighted by Gasteiger charge is -2.07. The molecule has 0 aliphatic carbocycles. The number of hydrogen-bond donors (Lipinski definition) is 4. The maximum absolute atomic E-state index is 12.5. The van der Waals surface area contributed by atoms with Gasteiger partial charge in [0, 0.05) is 22.8 Å². The molecule has 0 saturated carbocycles. The summed E-state index contributed by atoms with van der Waals surface area (Å²) in [5, 5.41) is 21.4. The largest absolute Gasteiger partial charge is 0.507 e. The number of H-pyrrole nitrogens is 1. The Morgan fingerprint density at radius 1 is 1.13 bits per heavy atom. The number of nitrogens with one attached hydrogen (secondary N) is 3. The van der Waals surface area contributed by atoms with Gasteiger partial charge in [0.05, 0.1) is 10.6 Å². The van der Waals surface area contributed by atoms with E-state index in [1.807, 2.05) is 13.0 Å². The molecule has 2 aromatic carbocycles. The van der Waals surface area contributed by atoms with Gasteiger partial charge in [0.2, 0.25) is 0 Å². The number of thiazole rings is 1. The van der Waals surface area contributed by atoms with Crippen LogP contribution in [0.2, 0.25) is 0 Å². The molecule has 2 aromatic heterocycles. The Morgan fingerprint density at radius 2 is 1.90 bits per heavy atom. The van der Waals surface area contributed by atoms with E-state index >= 15 is 0 Å². The van der Waals surface area contributed by atoms with Crippen LogP contribution in [0.25, 0.3) is 11.3 Å². The van der Waals surface area contributed by atoms with Gasteiger partial charge in [-0.2, -0.15) is 5.10 Å². The fraction of sp³-hybridized carbons (Fsp3) is 0.0500. The van der Waals surface area contributed by atoms with E-state index in [1.54, 1.807) is 17.5 Å². The fourth-order valence-electron chi connectivity index (χ4n) is 2.80. The number of nitrogens with zero attached hydrogens (tertiary/aromatic N) is 2. The molecule has 0 spiro atoms. The lowest BCUT2D eigenvalue weighted by molar-refractivity contribution is 0.102. The van der Waals surface area contributed by atoms with Gasteiger partial charge in [-0.3, -0.25) is 14.6 Å². The van der Waals surface area contributed by atoms with Gasteiger partial charge in [0.25, 0.3) is 15.9 Å². The quantitative estimate of drug-likeness (QED) is 0.351. The Kier molecular flexibility index (Phi) is 5.44. The van der Waals surface area contributed by atoms with Crippen LogP contribution < -0.4 is 10.0 Å². The molecule has 4 N–H and O–H groups in total. The number of aromatic hydroxyl groups is 1. The molecule has 31 heavy (non-hydrogen) atoms. The number of aromatic amines is 1. The summed E-state index contributed by atoms with van der Waals surface area (Å²) in [6.45, 7) is 1.86. The summed E-state index contributed by atoms with van der Waals surface area (Å²) in [6.07, 6.45) is 1.50. The molecular formula is C20H17N5O4S2. The molecule has 4 rings (SSSR count). The van der Waals surface area contributed by atoms with Crippen molar-refractivity contribution < 1.29 is 18.3 Å². The minimum absolute atomic E-state index is 0.0411. The SMILES string of the molecule is Cc1ccc(-c2cc(C(=O)Nc3ccc(S(=O)(=O)Nc4nccs4)cc3)[nH]n2)c(O)c1. The number of benzene rings is 2. The number of aryl methyl sites for hydroxylation is 1. The fourth-order valence-corrected chi connectivity index (χ4v) is 4.59. The van der Waals surface area contributed by atoms with Gasteiger partial charge < -0.3 is 10.4 Å². The third kappa shape index (κ3) is 4.57. The molecule has 0 fully saturated rings. The molecule has 0 atom stereocenters. The molecule has 0 bridgehead atoms. The van der Waals surface area contributed by atoms with Crippen LogP contribution in [-0.2, 0) is 10.0 Å². The van der Waals surface area contributed by atoms with E-state index in [0.29, 0.717) is 16.9 Å². The zero-order valence-corrected chi connectivity index (χ0v) is 17.8. The molecular weight excluding hydrogens is 438 g/mol. The second-order valence-corrected chi connectivity index (χ2v) is 9.19. The lowest BCUT2D eigenvalue weighted by Crippen LogP contribution is -2.14. The first-order chi connectivity index (χ1) is 14.8. The van der Waals surface area contributed by atoms with E-state index < -0.39 is 15.9 Å². The highest BCUT2D eigenvalue weighted by Crippen LogP contribution is 2.29. The van der Waals surface area contributed by atoms with E-state index in [2.05, 4.69) is 25.2 Å². The van der Waals surface area contributed by atoms with Gasteiger partial charge in [-0.05, 0) is 55.0 Å². The molecule has 158 valence electrons. The van der Waals surface area contributed by atoms with Crippen LogP contribution in [0.5, 0.6) is 5.75 Å². The van der Waals surface area contributed by atoms with Crippen LogP contribution in [0.1, 0.15) is 16.1 Å². The first-order valence-corrected chi connectivity index (χ1v) is 11.4. The molecule has 1 amide bonds. The molecule has 0 aliphatic heterocycles. The van der Waals surface area contributed by atoms with Crippen LogP contribution in [-0.4, -0.2) is 34.6 Å². The summed E-state index contributed by atoms with van der Waals surface area (Å²) in [4.78, 5) is 16.4. The summed E-state index contributed by atoms with van der Waals surface area (Å²) in [6, 6.07) is 12.4. The minimum Gasteiger partial charge on any atom is -0.507 e. The summed E-state index contributed by atoms with van der Waals surface area (Å²) < 4.78 is 27.1. The van der Waals surface area contributed by atoms with Crippen LogP contribution in [0, 0.1) is 6.92 Å². The van der Waals surface area contributed by atoms with Crippen molar-refractivity contribution in [2.45, 2.75) is 11.8 Å². The molecule has 2 heterocycles. The Balaban J connectivity index is 1.46. The van der Waals surface area contributed by atoms with E-state index in [9.17, 15) is 18.3 Å². The number of hydrogen-bond acceptors (Lipinski definition) is 7. The molecule has 4 aromatic rings. The van der Waals surface area contributed by atoms with Crippen molar-refractivity contribution in [2.24, 2.45) is 0 Å². The maximum atomic E-state index is 12.5. The van der Waals surface area contributed by atoms with Gasteiger partial charge in [0.1, 0.15) is 11.4 Å². The summed E-state index contributed by atoms with van der Waals surface area (Å²) in [5.74, 6) is -0.386. The van der Waals surface area contributed by atoms with Crippen LogP contribution in [0.3, 0.4) is 0 Å². The molecule has 0 saturated heterocycles. The average molecular weight is 456 g/mol. The van der Waals surface area contributed by atoms with E-state index in [-0.39, 0.29) is 21.5 Å². The van der Waals surface area contributed by atoms with Crippen LogP contribution in [0.15, 0.2) is 65.0 Å². The highest BCUT2D eigenvalue weighted by molar-refractivity contribution is 7.93. The van der Waals surface area contributed by atoms with Gasteiger partial charge in [-0.25, -0.2) is 13.4 Å². The second-order valence-electron chi connectivity index (χ2n) is 6.61. The Labute approximate surface area is 181 Å². The van der Waals surface area contributed by atoms with Crippen molar-refractivity contribution in [1.82, 2.24) is 15.2 Å². The van der Waals surface area contributed by atoms with Gasteiger partial charge >= 0.3 is 0 Å². The zero-order chi connectivity index (χ0) is 22.0. The highest BCUT2D eigenvalue weighted by atomic mass is 32.2. The molecule has 0 unspecified atom stereocenters. The number of aromatic nitrogens is 3. The van der Waals surface area contributed by atoms with Crippen LogP contribution >= 0.6 is 11.3 Å². The second kappa shape index (κ2) is 8.20. The van der Waals surface area contributed by atoms with E-state index in [0.717, 1.165) is 5.56 Å². The maximum Gasteiger partial charge on any atom is 0.273 e. The minimum atomic E-state index is -3.77. The number of carbonyl (C=O) groups is 1. The van der Waals surface area contributed by atoms with Crippen molar-refractivity contribution in [3.63, 3.8) is 0 Å². The standard InChI is InChI=1S/C20H17N5O4S2/c1-12-2-7-15(18(26)10-12)16-11-17(24-23-16)19(27)22-13-3-5-14(6-4-13)31(28,29)25-20-21-8-9-30-20/h2-11,26H,1H3,(H,21,25)(H,22,27)(H,23,24). The Bertz CT molecular complexity index is 1330. The van der Waals surface area contributed by atoms with Gasteiger partial charge in [-0.1, -0.05) is 6.07 Å². The monoisotopic (exact) mass is 455 g/mol. The van der Waals surface area contributed by atoms with E-state index in [4.69, 9.17) is 0 Å². The summed E-state index contributed by atoms with van der Waals surface area (Å²) in [5.41, 5.74) is 2.44. The number of sulfonamides is 1. The predicted octanol–water partition coefficient (Wildman–Crippen LogP) is 3.60. The first kappa shape index (κ1) is 20.6. The normalized spacial score (nSPS) is 11.3. The molecule has 11 heteroatoms. The number of anilines is 2. The molecule has 0 aliphatic rings. The zero-order valence-electron chi connectivity index (χ0n) is 16.2.